The van der Waals surface area contributed by atoms with Crippen molar-refractivity contribution in [2.45, 2.75) is 19.5 Å². The second-order valence-corrected chi connectivity index (χ2v) is 7.80. The summed E-state index contributed by atoms with van der Waals surface area (Å²) in [5.74, 6) is 2.29. The van der Waals surface area contributed by atoms with Crippen molar-refractivity contribution in [1.82, 2.24) is 20.1 Å². The first-order valence-electron chi connectivity index (χ1n) is 9.10. The number of thiazole rings is 1. The summed E-state index contributed by atoms with van der Waals surface area (Å²) < 4.78 is 10.8. The van der Waals surface area contributed by atoms with Gasteiger partial charge in [-0.2, -0.15) is 0 Å². The van der Waals surface area contributed by atoms with Gasteiger partial charge in [-0.25, -0.2) is 4.98 Å². The molecule has 9 heteroatoms. The molecule has 1 unspecified atom stereocenters. The Morgan fingerprint density at radius 3 is 2.41 bits per heavy atom. The number of aryl methyl sites for hydroxylation is 1. The number of halogens is 1. The van der Waals surface area contributed by atoms with E-state index in [0.717, 1.165) is 33.7 Å². The van der Waals surface area contributed by atoms with Gasteiger partial charge in [0.25, 0.3) is 0 Å². The molecule has 1 N–H and O–H groups in total. The molecule has 29 heavy (non-hydrogen) atoms. The number of benzene rings is 1. The summed E-state index contributed by atoms with van der Waals surface area (Å²) >= 11 is 1.66. The number of likely N-dealkylation sites (N-methyl/N-ethyl adjacent to an activating group) is 1. The van der Waals surface area contributed by atoms with E-state index >= 15 is 0 Å². The number of ether oxygens (including phenoxy) is 2. The number of methoxy groups -OCH3 is 2. The normalized spacial score (nSPS) is 12.3. The summed E-state index contributed by atoms with van der Waals surface area (Å²) in [5.41, 5.74) is 2.19. The first kappa shape index (κ1) is 25.4. The fourth-order valence-electron chi connectivity index (χ4n) is 3.03. The maximum absolute atomic E-state index is 5.46. The largest absolute Gasteiger partial charge is 0.493 e. The van der Waals surface area contributed by atoms with Crippen molar-refractivity contribution >= 4 is 41.3 Å². The number of hydrogen-bond donors (Lipinski definition) is 1. The molecule has 0 aliphatic rings. The van der Waals surface area contributed by atoms with Crippen molar-refractivity contribution in [2.24, 2.45) is 4.99 Å². The third-order valence-corrected chi connectivity index (χ3v) is 5.33. The van der Waals surface area contributed by atoms with Gasteiger partial charge in [0, 0.05) is 26.0 Å². The van der Waals surface area contributed by atoms with Gasteiger partial charge in [0.05, 0.1) is 37.5 Å². The van der Waals surface area contributed by atoms with Gasteiger partial charge >= 0.3 is 0 Å². The molecule has 0 amide bonds. The summed E-state index contributed by atoms with van der Waals surface area (Å²) in [6.07, 6.45) is 0. The zero-order chi connectivity index (χ0) is 20.7. The number of nitrogens with one attached hydrogen (secondary N) is 1. The third kappa shape index (κ3) is 7.00. The highest BCUT2D eigenvalue weighted by Crippen LogP contribution is 2.31. The Labute approximate surface area is 195 Å². The molecule has 162 valence electrons. The van der Waals surface area contributed by atoms with Crippen molar-refractivity contribution < 1.29 is 9.47 Å². The monoisotopic (exact) mass is 533 g/mol. The Morgan fingerprint density at radius 1 is 1.21 bits per heavy atom. The smallest absolute Gasteiger partial charge is 0.193 e. The summed E-state index contributed by atoms with van der Waals surface area (Å²) in [7, 11) is 11.2. The van der Waals surface area contributed by atoms with E-state index in [2.05, 4.69) is 50.6 Å². The van der Waals surface area contributed by atoms with Crippen LogP contribution < -0.4 is 14.8 Å². The van der Waals surface area contributed by atoms with Crippen LogP contribution in [0.25, 0.3) is 0 Å². The number of rotatable bonds is 8. The van der Waals surface area contributed by atoms with Crippen molar-refractivity contribution in [3.63, 3.8) is 0 Å². The summed E-state index contributed by atoms with van der Waals surface area (Å²) in [4.78, 5) is 13.2. The maximum atomic E-state index is 5.46. The zero-order valence-corrected chi connectivity index (χ0v) is 21.4. The molecule has 2 rings (SSSR count). The van der Waals surface area contributed by atoms with Gasteiger partial charge in [-0.15, -0.1) is 35.3 Å². The maximum Gasteiger partial charge on any atom is 0.193 e. The Balaban J connectivity index is 0.00000420. The highest BCUT2D eigenvalue weighted by atomic mass is 127. The van der Waals surface area contributed by atoms with Crippen LogP contribution in [0.15, 0.2) is 28.6 Å². The fourth-order valence-corrected chi connectivity index (χ4v) is 3.63. The van der Waals surface area contributed by atoms with Crippen LogP contribution in [0.3, 0.4) is 0 Å². The molecule has 0 saturated carbocycles. The summed E-state index contributed by atoms with van der Waals surface area (Å²) in [6.45, 7) is 3.44. The Hall–Kier alpha value is -1.59. The van der Waals surface area contributed by atoms with Gasteiger partial charge in [0.2, 0.25) is 0 Å². The highest BCUT2D eigenvalue weighted by Gasteiger charge is 2.18. The van der Waals surface area contributed by atoms with Gasteiger partial charge in [0.15, 0.2) is 17.5 Å². The van der Waals surface area contributed by atoms with Crippen LogP contribution in [-0.4, -0.2) is 69.7 Å². The van der Waals surface area contributed by atoms with Gasteiger partial charge < -0.3 is 24.6 Å². The molecule has 7 nitrogen and oxygen atoms in total. The van der Waals surface area contributed by atoms with Gasteiger partial charge in [-0.1, -0.05) is 6.07 Å². The molecule has 2 aromatic rings. The van der Waals surface area contributed by atoms with Gasteiger partial charge in [0.1, 0.15) is 0 Å². The summed E-state index contributed by atoms with van der Waals surface area (Å²) in [6, 6.07) is 6.18. The predicted octanol–water partition coefficient (Wildman–Crippen LogP) is 3.40. The van der Waals surface area contributed by atoms with Crippen LogP contribution in [0, 0.1) is 6.92 Å². The van der Waals surface area contributed by atoms with Crippen LogP contribution in [-0.2, 0) is 6.54 Å². The number of hydrogen-bond acceptors (Lipinski definition) is 6. The van der Waals surface area contributed by atoms with E-state index in [0.29, 0.717) is 13.1 Å². The Kier molecular flexibility index (Phi) is 10.7. The first-order chi connectivity index (χ1) is 13.4. The molecule has 0 spiro atoms. The summed E-state index contributed by atoms with van der Waals surface area (Å²) in [5, 5.41) is 6.65. The fraction of sp³-hybridized carbons (Fsp3) is 0.500. The minimum atomic E-state index is 0. The van der Waals surface area contributed by atoms with Crippen LogP contribution in [0.1, 0.15) is 22.3 Å². The zero-order valence-electron chi connectivity index (χ0n) is 18.2. The van der Waals surface area contributed by atoms with E-state index < -0.39 is 0 Å². The SMILES string of the molecule is CN=C(NCC(c1ccc(OC)c(OC)c1)N(C)C)N(C)Cc1csc(C)n1.I. The van der Waals surface area contributed by atoms with E-state index in [1.807, 2.05) is 26.1 Å². The number of aromatic nitrogens is 1. The van der Waals surface area contributed by atoms with Crippen molar-refractivity contribution in [1.29, 1.82) is 0 Å². The van der Waals surface area contributed by atoms with Gasteiger partial charge in [-0.3, -0.25) is 4.99 Å². The molecule has 0 fully saturated rings. The number of guanidine groups is 1. The van der Waals surface area contributed by atoms with E-state index in [1.54, 1.807) is 32.6 Å². The van der Waals surface area contributed by atoms with Gasteiger partial charge in [-0.05, 0) is 38.7 Å². The Bertz CT molecular complexity index is 797. The molecule has 1 aromatic carbocycles. The van der Waals surface area contributed by atoms with Crippen molar-refractivity contribution in [2.75, 3.05) is 49.0 Å². The van der Waals surface area contributed by atoms with E-state index in [9.17, 15) is 0 Å². The molecule has 1 atom stereocenters. The van der Waals surface area contributed by atoms with E-state index in [1.165, 1.54) is 0 Å². The third-order valence-electron chi connectivity index (χ3n) is 4.51. The van der Waals surface area contributed by atoms with Crippen LogP contribution in [0.4, 0.5) is 0 Å². The molecule has 0 radical (unpaired) electrons. The first-order valence-corrected chi connectivity index (χ1v) is 9.98. The predicted molar refractivity (Wildman–Crippen MR) is 131 cm³/mol. The van der Waals surface area contributed by atoms with E-state index in [4.69, 9.17) is 9.47 Å². The van der Waals surface area contributed by atoms with Crippen molar-refractivity contribution in [3.8, 4) is 11.5 Å². The van der Waals surface area contributed by atoms with Crippen LogP contribution in [0.5, 0.6) is 11.5 Å². The van der Waals surface area contributed by atoms with Crippen LogP contribution in [0.2, 0.25) is 0 Å². The highest BCUT2D eigenvalue weighted by molar-refractivity contribution is 14.0. The minimum Gasteiger partial charge on any atom is -0.493 e. The molecule has 0 aliphatic heterocycles. The standard InChI is InChI=1S/C20H31N5O2S.HI/c1-14-23-16(13-28-14)12-25(5)20(21-2)22-11-17(24(3)4)15-8-9-18(26-6)19(10-15)27-7;/h8-10,13,17H,11-12H2,1-7H3,(H,21,22);1H. The minimum absolute atomic E-state index is 0. The number of aliphatic imine (C=N–C) groups is 1. The molecular weight excluding hydrogens is 501 g/mol. The lowest BCUT2D eigenvalue weighted by Crippen LogP contribution is -2.42. The average molecular weight is 533 g/mol. The molecule has 0 saturated heterocycles. The molecule has 0 aliphatic carbocycles. The molecule has 1 aromatic heterocycles. The lowest BCUT2D eigenvalue weighted by molar-refractivity contribution is 0.293. The second kappa shape index (κ2) is 12.2. The van der Waals surface area contributed by atoms with Crippen molar-refractivity contribution in [3.05, 3.63) is 39.8 Å². The quantitative estimate of drug-likeness (QED) is 0.319. The molecule has 0 bridgehead atoms. The average Bonchev–Trinajstić information content (AvgIpc) is 3.08. The molecular formula is C20H32IN5O2S. The molecule has 1 heterocycles. The lowest BCUT2D eigenvalue weighted by Gasteiger charge is -2.28. The van der Waals surface area contributed by atoms with Crippen LogP contribution >= 0.6 is 35.3 Å². The topological polar surface area (TPSA) is 62.2 Å². The number of nitrogens with zero attached hydrogens (tertiary/aromatic N) is 4. The Morgan fingerprint density at radius 2 is 1.90 bits per heavy atom. The lowest BCUT2D eigenvalue weighted by atomic mass is 10.1. The van der Waals surface area contributed by atoms with E-state index in [-0.39, 0.29) is 30.0 Å². The second-order valence-electron chi connectivity index (χ2n) is 6.74.